The number of aliphatic hydroxyl groups is 4. The SMILES string of the molecule is CCCCCCC/C=C/CC/C=C/CC/C=C/CCCC(O)C(O)C(CO)NC(=O)C(O)CCCCCCCCCCCCCCCCCCCCC. The molecule has 4 atom stereocenters. The highest BCUT2D eigenvalue weighted by Crippen LogP contribution is 2.16. The van der Waals surface area contributed by atoms with Gasteiger partial charge in [0.25, 0.3) is 0 Å². The van der Waals surface area contributed by atoms with Gasteiger partial charge in [0, 0.05) is 0 Å². The summed E-state index contributed by atoms with van der Waals surface area (Å²) in [4.78, 5) is 12.5. The zero-order valence-corrected chi connectivity index (χ0v) is 35.0. The number of carbonyl (C=O) groups excluding carboxylic acids is 1. The number of rotatable bonds is 41. The highest BCUT2D eigenvalue weighted by Gasteiger charge is 2.28. The average molecular weight is 748 g/mol. The summed E-state index contributed by atoms with van der Waals surface area (Å²) in [6, 6.07) is -1.01. The summed E-state index contributed by atoms with van der Waals surface area (Å²) in [7, 11) is 0. The Morgan fingerprint density at radius 1 is 0.453 bits per heavy atom. The van der Waals surface area contributed by atoms with Crippen LogP contribution in [-0.4, -0.2) is 57.3 Å². The number of hydrogen-bond acceptors (Lipinski definition) is 5. The maximum atomic E-state index is 12.5. The number of aliphatic hydroxyl groups excluding tert-OH is 4. The van der Waals surface area contributed by atoms with Crippen LogP contribution in [0.4, 0.5) is 0 Å². The molecule has 4 unspecified atom stereocenters. The van der Waals surface area contributed by atoms with E-state index in [9.17, 15) is 25.2 Å². The van der Waals surface area contributed by atoms with Gasteiger partial charge in [0.15, 0.2) is 0 Å². The second kappa shape index (κ2) is 41.7. The van der Waals surface area contributed by atoms with Gasteiger partial charge in [0.1, 0.15) is 12.2 Å². The van der Waals surface area contributed by atoms with Crippen LogP contribution in [0.3, 0.4) is 0 Å². The summed E-state index contributed by atoms with van der Waals surface area (Å²) in [5.41, 5.74) is 0. The second-order valence-electron chi connectivity index (χ2n) is 15.7. The molecule has 0 aliphatic carbocycles. The van der Waals surface area contributed by atoms with Gasteiger partial charge in [0.2, 0.25) is 5.91 Å². The van der Waals surface area contributed by atoms with Crippen LogP contribution in [0, 0.1) is 0 Å². The van der Waals surface area contributed by atoms with Crippen molar-refractivity contribution in [2.75, 3.05) is 6.61 Å². The number of nitrogens with one attached hydrogen (secondary N) is 1. The average Bonchev–Trinajstić information content (AvgIpc) is 3.16. The van der Waals surface area contributed by atoms with E-state index in [0.29, 0.717) is 19.3 Å². The van der Waals surface area contributed by atoms with Crippen LogP contribution in [0.5, 0.6) is 0 Å². The van der Waals surface area contributed by atoms with E-state index in [-0.39, 0.29) is 0 Å². The van der Waals surface area contributed by atoms with Crippen molar-refractivity contribution in [1.29, 1.82) is 0 Å². The van der Waals surface area contributed by atoms with Crippen molar-refractivity contribution in [1.82, 2.24) is 5.32 Å². The maximum Gasteiger partial charge on any atom is 0.249 e. The Kier molecular flexibility index (Phi) is 40.5. The first-order valence-electron chi connectivity index (χ1n) is 22.9. The lowest BCUT2D eigenvalue weighted by molar-refractivity contribution is -0.132. The molecule has 5 N–H and O–H groups in total. The summed E-state index contributed by atoms with van der Waals surface area (Å²) in [5, 5.41) is 43.7. The third-order valence-electron chi connectivity index (χ3n) is 10.6. The Morgan fingerprint density at radius 3 is 1.19 bits per heavy atom. The van der Waals surface area contributed by atoms with E-state index in [1.165, 1.54) is 141 Å². The van der Waals surface area contributed by atoms with E-state index in [0.717, 1.165) is 51.4 Å². The summed E-state index contributed by atoms with van der Waals surface area (Å²) in [6.45, 7) is 4.03. The molecule has 6 nitrogen and oxygen atoms in total. The molecule has 0 bridgehead atoms. The normalized spacial score (nSPS) is 14.5. The highest BCUT2D eigenvalue weighted by molar-refractivity contribution is 5.80. The summed E-state index contributed by atoms with van der Waals surface area (Å²) >= 11 is 0. The van der Waals surface area contributed by atoms with Crippen LogP contribution in [0.25, 0.3) is 0 Å². The lowest BCUT2D eigenvalue weighted by Gasteiger charge is -2.27. The molecule has 0 radical (unpaired) electrons. The van der Waals surface area contributed by atoms with Crippen molar-refractivity contribution in [3.8, 4) is 0 Å². The van der Waals surface area contributed by atoms with Crippen molar-refractivity contribution < 1.29 is 25.2 Å². The fourth-order valence-electron chi connectivity index (χ4n) is 6.91. The largest absolute Gasteiger partial charge is 0.394 e. The van der Waals surface area contributed by atoms with Gasteiger partial charge >= 0.3 is 0 Å². The Morgan fingerprint density at radius 2 is 0.792 bits per heavy atom. The lowest BCUT2D eigenvalue weighted by atomic mass is 10.00. The summed E-state index contributed by atoms with van der Waals surface area (Å²) in [6.07, 6.45) is 48.9. The fraction of sp³-hybridized carbons (Fsp3) is 0.851. The molecular formula is C47H89NO5. The zero-order valence-electron chi connectivity index (χ0n) is 35.0. The molecule has 0 saturated carbocycles. The summed E-state index contributed by atoms with van der Waals surface area (Å²) < 4.78 is 0. The molecule has 0 aromatic heterocycles. The Labute approximate surface area is 328 Å². The number of carbonyl (C=O) groups is 1. The van der Waals surface area contributed by atoms with Gasteiger partial charge in [-0.25, -0.2) is 0 Å². The fourth-order valence-corrected chi connectivity index (χ4v) is 6.91. The van der Waals surface area contributed by atoms with E-state index in [1.54, 1.807) is 0 Å². The van der Waals surface area contributed by atoms with Crippen LogP contribution >= 0.6 is 0 Å². The molecule has 53 heavy (non-hydrogen) atoms. The predicted molar refractivity (Wildman–Crippen MR) is 228 cm³/mol. The molecule has 1 amide bonds. The topological polar surface area (TPSA) is 110 Å². The van der Waals surface area contributed by atoms with Crippen LogP contribution in [0.1, 0.15) is 226 Å². The molecule has 0 aliphatic heterocycles. The van der Waals surface area contributed by atoms with Gasteiger partial charge in [-0.05, 0) is 64.2 Å². The molecule has 0 spiro atoms. The van der Waals surface area contributed by atoms with E-state index in [2.05, 4.69) is 55.6 Å². The Bertz CT molecular complexity index is 843. The minimum absolute atomic E-state index is 0.361. The predicted octanol–water partition coefficient (Wildman–Crippen LogP) is 12.1. The van der Waals surface area contributed by atoms with Gasteiger partial charge in [-0.15, -0.1) is 0 Å². The first-order chi connectivity index (χ1) is 26.0. The van der Waals surface area contributed by atoms with Gasteiger partial charge in [0.05, 0.1) is 18.8 Å². The smallest absolute Gasteiger partial charge is 0.249 e. The number of amides is 1. The number of hydrogen-bond donors (Lipinski definition) is 5. The molecule has 0 saturated heterocycles. The summed E-state index contributed by atoms with van der Waals surface area (Å²) in [5.74, 6) is -0.598. The van der Waals surface area contributed by atoms with Crippen molar-refractivity contribution in [2.24, 2.45) is 0 Å². The van der Waals surface area contributed by atoms with Crippen molar-refractivity contribution in [3.63, 3.8) is 0 Å². The van der Waals surface area contributed by atoms with Crippen LogP contribution in [-0.2, 0) is 4.79 Å². The third-order valence-corrected chi connectivity index (χ3v) is 10.6. The Hall–Kier alpha value is -1.47. The van der Waals surface area contributed by atoms with E-state index in [1.807, 2.05) is 0 Å². The van der Waals surface area contributed by atoms with E-state index in [4.69, 9.17) is 0 Å². The highest BCUT2D eigenvalue weighted by atomic mass is 16.3. The van der Waals surface area contributed by atoms with Gasteiger partial charge in [-0.3, -0.25) is 4.79 Å². The first kappa shape index (κ1) is 51.5. The minimum Gasteiger partial charge on any atom is -0.394 e. The van der Waals surface area contributed by atoms with Crippen molar-refractivity contribution in [3.05, 3.63) is 36.5 Å². The maximum absolute atomic E-state index is 12.5. The quantitative estimate of drug-likeness (QED) is 0.0316. The number of unbranched alkanes of at least 4 members (excludes halogenated alkanes) is 26. The second-order valence-corrected chi connectivity index (χ2v) is 15.7. The molecule has 0 heterocycles. The molecule has 312 valence electrons. The van der Waals surface area contributed by atoms with Gasteiger partial charge in [-0.2, -0.15) is 0 Å². The monoisotopic (exact) mass is 748 g/mol. The molecular weight excluding hydrogens is 659 g/mol. The van der Waals surface area contributed by atoms with Crippen molar-refractivity contribution in [2.45, 2.75) is 250 Å². The molecule has 0 aromatic carbocycles. The van der Waals surface area contributed by atoms with E-state index >= 15 is 0 Å². The van der Waals surface area contributed by atoms with E-state index < -0.39 is 36.9 Å². The molecule has 0 fully saturated rings. The van der Waals surface area contributed by atoms with Gasteiger partial charge < -0.3 is 25.7 Å². The van der Waals surface area contributed by atoms with Gasteiger partial charge in [-0.1, -0.05) is 198 Å². The lowest BCUT2D eigenvalue weighted by Crippen LogP contribution is -2.53. The standard InChI is InChI=1S/C47H89NO5/c1-3-5-7-9-11-13-15-17-19-21-23-25-27-29-31-33-35-37-39-41-45(51)47(53)48-43(42-49)46(52)44(50)40-38-36-34-32-30-28-26-24-22-20-18-16-14-12-10-8-6-4-2/h16,18,24,26,32,34,43-46,49-52H,3-15,17,19-23,25,27-31,33,35-42H2,1-2H3,(H,48,53)/b18-16+,26-24+,34-32+. The Balaban J connectivity index is 3.79. The molecule has 6 heteroatoms. The minimum atomic E-state index is -1.29. The third kappa shape index (κ3) is 36.0. The molecule has 0 aliphatic rings. The van der Waals surface area contributed by atoms with Crippen molar-refractivity contribution >= 4 is 5.91 Å². The van der Waals surface area contributed by atoms with Crippen LogP contribution < -0.4 is 5.32 Å². The van der Waals surface area contributed by atoms with Crippen LogP contribution in [0.2, 0.25) is 0 Å². The molecule has 0 rings (SSSR count). The first-order valence-corrected chi connectivity index (χ1v) is 22.9. The molecule has 0 aromatic rings. The van der Waals surface area contributed by atoms with Crippen LogP contribution in [0.15, 0.2) is 36.5 Å². The number of allylic oxidation sites excluding steroid dienone is 6. The zero-order chi connectivity index (χ0) is 38.9.